The van der Waals surface area contributed by atoms with Crippen LogP contribution < -0.4 is 5.73 Å². The van der Waals surface area contributed by atoms with Gasteiger partial charge in [0.15, 0.2) is 0 Å². The molecule has 3 rings (SSSR count). The van der Waals surface area contributed by atoms with Gasteiger partial charge in [-0.1, -0.05) is 0 Å². The summed E-state index contributed by atoms with van der Waals surface area (Å²) in [5.74, 6) is 0.327. The summed E-state index contributed by atoms with van der Waals surface area (Å²) in [4.78, 5) is 14.9. The van der Waals surface area contributed by atoms with Crippen molar-refractivity contribution in [3.8, 4) is 0 Å². The smallest absolute Gasteiger partial charge is 0.340 e. The molecular formula is C13H14N2O2. The van der Waals surface area contributed by atoms with Gasteiger partial charge in [-0.15, -0.1) is 0 Å². The molecule has 1 saturated carbocycles. The molecule has 0 radical (unpaired) electrons. The Morgan fingerprint density at radius 3 is 3.06 bits per heavy atom. The SMILES string of the molecule is Nc1ccc2c(C(=O)OCC3CC3)c[nH]c2c1. The number of anilines is 1. The quantitative estimate of drug-likeness (QED) is 0.628. The van der Waals surface area contributed by atoms with Crippen molar-refractivity contribution < 1.29 is 9.53 Å². The molecule has 1 aromatic heterocycles. The first-order valence-electron chi connectivity index (χ1n) is 5.78. The van der Waals surface area contributed by atoms with E-state index >= 15 is 0 Å². The number of nitrogens with two attached hydrogens (primary N) is 1. The Bertz CT molecular complexity index is 570. The molecule has 0 atom stereocenters. The van der Waals surface area contributed by atoms with Crippen molar-refractivity contribution in [2.24, 2.45) is 5.92 Å². The fraction of sp³-hybridized carbons (Fsp3) is 0.308. The summed E-state index contributed by atoms with van der Waals surface area (Å²) >= 11 is 0. The van der Waals surface area contributed by atoms with E-state index in [1.165, 1.54) is 12.8 Å². The van der Waals surface area contributed by atoms with E-state index in [4.69, 9.17) is 10.5 Å². The molecule has 1 heterocycles. The van der Waals surface area contributed by atoms with Gasteiger partial charge in [0.2, 0.25) is 0 Å². The second-order valence-corrected chi connectivity index (χ2v) is 4.55. The maximum atomic E-state index is 11.9. The number of H-pyrrole nitrogens is 1. The molecule has 88 valence electrons. The number of rotatable bonds is 3. The van der Waals surface area contributed by atoms with Crippen molar-refractivity contribution in [2.45, 2.75) is 12.8 Å². The first kappa shape index (κ1) is 10.2. The van der Waals surface area contributed by atoms with Gasteiger partial charge < -0.3 is 15.5 Å². The predicted molar refractivity (Wildman–Crippen MR) is 65.7 cm³/mol. The maximum absolute atomic E-state index is 11.9. The molecule has 1 aliphatic carbocycles. The van der Waals surface area contributed by atoms with Gasteiger partial charge >= 0.3 is 5.97 Å². The van der Waals surface area contributed by atoms with Gasteiger partial charge in [0.1, 0.15) is 0 Å². The molecule has 0 unspecified atom stereocenters. The highest BCUT2D eigenvalue weighted by Crippen LogP contribution is 2.29. The molecule has 1 fully saturated rings. The highest BCUT2D eigenvalue weighted by molar-refractivity contribution is 6.04. The van der Waals surface area contributed by atoms with Crippen LogP contribution in [0.15, 0.2) is 24.4 Å². The van der Waals surface area contributed by atoms with Crippen LogP contribution in [0.3, 0.4) is 0 Å². The Morgan fingerprint density at radius 2 is 2.29 bits per heavy atom. The predicted octanol–water partition coefficient (Wildman–Crippen LogP) is 2.32. The second kappa shape index (κ2) is 3.80. The third kappa shape index (κ3) is 1.98. The minimum atomic E-state index is -0.257. The number of fused-ring (bicyclic) bond motifs is 1. The van der Waals surface area contributed by atoms with E-state index in [1.807, 2.05) is 12.1 Å². The molecule has 0 aliphatic heterocycles. The maximum Gasteiger partial charge on any atom is 0.340 e. The summed E-state index contributed by atoms with van der Waals surface area (Å²) in [6.45, 7) is 0.542. The number of hydrogen-bond acceptors (Lipinski definition) is 3. The van der Waals surface area contributed by atoms with E-state index in [2.05, 4.69) is 4.98 Å². The first-order chi connectivity index (χ1) is 8.24. The second-order valence-electron chi connectivity index (χ2n) is 4.55. The van der Waals surface area contributed by atoms with Gasteiger partial charge in [-0.25, -0.2) is 4.79 Å². The van der Waals surface area contributed by atoms with Gasteiger partial charge in [-0.2, -0.15) is 0 Å². The lowest BCUT2D eigenvalue weighted by Gasteiger charge is -2.02. The number of aromatic nitrogens is 1. The largest absolute Gasteiger partial charge is 0.462 e. The van der Waals surface area contributed by atoms with E-state index in [1.54, 1.807) is 12.3 Å². The number of aromatic amines is 1. The topological polar surface area (TPSA) is 68.1 Å². The molecule has 4 heteroatoms. The Balaban J connectivity index is 1.85. The molecule has 0 spiro atoms. The van der Waals surface area contributed by atoms with Crippen LogP contribution in [0, 0.1) is 5.92 Å². The van der Waals surface area contributed by atoms with Crippen LogP contribution in [-0.2, 0) is 4.74 Å². The van der Waals surface area contributed by atoms with Crippen LogP contribution in [0.25, 0.3) is 10.9 Å². The summed E-state index contributed by atoms with van der Waals surface area (Å²) < 4.78 is 5.26. The van der Waals surface area contributed by atoms with Crippen molar-refractivity contribution in [3.05, 3.63) is 30.0 Å². The summed E-state index contributed by atoms with van der Waals surface area (Å²) in [6, 6.07) is 5.44. The average molecular weight is 230 g/mol. The van der Waals surface area contributed by atoms with Gasteiger partial charge in [-0.3, -0.25) is 0 Å². The van der Waals surface area contributed by atoms with E-state index in [9.17, 15) is 4.79 Å². The number of hydrogen-bond donors (Lipinski definition) is 2. The third-order valence-electron chi connectivity index (χ3n) is 3.07. The number of ether oxygens (including phenoxy) is 1. The normalized spacial score (nSPS) is 15.1. The van der Waals surface area contributed by atoms with Crippen molar-refractivity contribution in [3.63, 3.8) is 0 Å². The first-order valence-corrected chi connectivity index (χ1v) is 5.78. The van der Waals surface area contributed by atoms with Gasteiger partial charge in [0.25, 0.3) is 0 Å². The number of nitrogen functional groups attached to an aromatic ring is 1. The Morgan fingerprint density at radius 1 is 1.47 bits per heavy atom. The van der Waals surface area contributed by atoms with E-state index in [0.717, 1.165) is 10.9 Å². The van der Waals surface area contributed by atoms with Crippen LogP contribution in [0.1, 0.15) is 23.2 Å². The molecule has 3 N–H and O–H groups in total. The number of carbonyl (C=O) groups is 1. The minimum absolute atomic E-state index is 0.257. The minimum Gasteiger partial charge on any atom is -0.462 e. The summed E-state index contributed by atoms with van der Waals surface area (Å²) in [6.07, 6.45) is 4.04. The van der Waals surface area contributed by atoms with E-state index in [0.29, 0.717) is 23.8 Å². The van der Waals surface area contributed by atoms with Crippen LogP contribution in [0.2, 0.25) is 0 Å². The molecular weight excluding hydrogens is 216 g/mol. The molecule has 1 aliphatic rings. The molecule has 0 saturated heterocycles. The molecule has 2 aromatic rings. The van der Waals surface area contributed by atoms with Crippen molar-refractivity contribution >= 4 is 22.6 Å². The molecule has 1 aromatic carbocycles. The Kier molecular flexibility index (Phi) is 2.28. The lowest BCUT2D eigenvalue weighted by atomic mass is 10.1. The molecule has 0 amide bonds. The zero-order valence-corrected chi connectivity index (χ0v) is 9.40. The summed E-state index contributed by atoms with van der Waals surface area (Å²) in [5.41, 5.74) is 7.81. The highest BCUT2D eigenvalue weighted by Gasteiger charge is 2.24. The van der Waals surface area contributed by atoms with Crippen molar-refractivity contribution in [1.82, 2.24) is 4.98 Å². The molecule has 0 bridgehead atoms. The van der Waals surface area contributed by atoms with Crippen molar-refractivity contribution in [2.75, 3.05) is 12.3 Å². The Hall–Kier alpha value is -1.97. The van der Waals surface area contributed by atoms with Crippen molar-refractivity contribution in [1.29, 1.82) is 0 Å². The zero-order chi connectivity index (χ0) is 11.8. The lowest BCUT2D eigenvalue weighted by Crippen LogP contribution is -2.06. The van der Waals surface area contributed by atoms with Gasteiger partial charge in [0, 0.05) is 22.8 Å². The summed E-state index contributed by atoms with van der Waals surface area (Å²) in [7, 11) is 0. The van der Waals surface area contributed by atoms with E-state index < -0.39 is 0 Å². The van der Waals surface area contributed by atoms with Crippen LogP contribution in [0.4, 0.5) is 5.69 Å². The lowest BCUT2D eigenvalue weighted by molar-refractivity contribution is 0.0488. The number of carbonyl (C=O) groups excluding carboxylic acids is 1. The van der Waals surface area contributed by atoms with Gasteiger partial charge in [-0.05, 0) is 37.0 Å². The zero-order valence-electron chi connectivity index (χ0n) is 9.40. The van der Waals surface area contributed by atoms with Crippen LogP contribution in [0.5, 0.6) is 0 Å². The molecule has 4 nitrogen and oxygen atoms in total. The number of benzene rings is 1. The number of esters is 1. The monoisotopic (exact) mass is 230 g/mol. The van der Waals surface area contributed by atoms with Crippen LogP contribution in [-0.4, -0.2) is 17.6 Å². The van der Waals surface area contributed by atoms with Gasteiger partial charge in [0.05, 0.1) is 12.2 Å². The van der Waals surface area contributed by atoms with E-state index in [-0.39, 0.29) is 5.97 Å². The fourth-order valence-corrected chi connectivity index (χ4v) is 1.87. The highest BCUT2D eigenvalue weighted by atomic mass is 16.5. The fourth-order valence-electron chi connectivity index (χ4n) is 1.87. The average Bonchev–Trinajstić information content (AvgIpc) is 3.05. The molecule has 17 heavy (non-hydrogen) atoms. The van der Waals surface area contributed by atoms with Crippen LogP contribution >= 0.6 is 0 Å². The standard InChI is InChI=1S/C13H14N2O2/c14-9-3-4-10-11(6-15-12(10)5-9)13(16)17-7-8-1-2-8/h3-6,8,15H,1-2,7,14H2. The number of nitrogens with one attached hydrogen (secondary N) is 1. The Labute approximate surface area is 98.8 Å². The third-order valence-corrected chi connectivity index (χ3v) is 3.07. The summed E-state index contributed by atoms with van der Waals surface area (Å²) in [5, 5.41) is 0.861.